The fourth-order valence-corrected chi connectivity index (χ4v) is 5.17. The molecule has 2 aromatic rings. The number of nitro groups is 1. The minimum Gasteiger partial charge on any atom is -0.375 e. The Kier molecular flexibility index (Phi) is 4.36. The van der Waals surface area contributed by atoms with Crippen LogP contribution in [0.15, 0.2) is 54.6 Å². The first-order chi connectivity index (χ1) is 14.4. The molecule has 3 aliphatic rings. The van der Waals surface area contributed by atoms with Crippen LogP contribution in [0.4, 0.5) is 17.1 Å². The number of halogens is 1. The number of rotatable bonds is 5. The van der Waals surface area contributed by atoms with Crippen LogP contribution in [-0.2, 0) is 16.1 Å². The van der Waals surface area contributed by atoms with Crippen molar-refractivity contribution in [2.24, 2.45) is 23.7 Å². The lowest BCUT2D eigenvalue weighted by Gasteiger charge is -2.18. The van der Waals surface area contributed by atoms with Crippen LogP contribution in [0.2, 0.25) is 5.02 Å². The molecule has 0 radical (unpaired) electrons. The zero-order valence-electron chi connectivity index (χ0n) is 15.8. The molecule has 2 amide bonds. The first kappa shape index (κ1) is 18.8. The number of nitrogens with one attached hydrogen (secondary N) is 1. The Morgan fingerprint density at radius 3 is 2.40 bits per heavy atom. The van der Waals surface area contributed by atoms with E-state index in [0.29, 0.717) is 17.3 Å². The molecule has 0 aromatic heterocycles. The van der Waals surface area contributed by atoms with Crippen molar-refractivity contribution in [2.75, 3.05) is 10.2 Å². The predicted octanol–water partition coefficient (Wildman–Crippen LogP) is 4.17. The van der Waals surface area contributed by atoms with Crippen LogP contribution < -0.4 is 10.2 Å². The monoisotopic (exact) mass is 423 g/mol. The van der Waals surface area contributed by atoms with Crippen molar-refractivity contribution in [1.29, 1.82) is 0 Å². The third-order valence-corrected chi connectivity index (χ3v) is 6.51. The van der Waals surface area contributed by atoms with Gasteiger partial charge in [0.05, 0.1) is 22.4 Å². The molecular weight excluding hydrogens is 406 g/mol. The predicted molar refractivity (Wildman–Crippen MR) is 112 cm³/mol. The van der Waals surface area contributed by atoms with Crippen molar-refractivity contribution in [3.05, 3.63) is 75.3 Å². The minimum absolute atomic E-state index is 0.0927. The maximum absolute atomic E-state index is 13.0. The number of allylic oxidation sites excluding steroid dienone is 2. The van der Waals surface area contributed by atoms with Gasteiger partial charge in [-0.3, -0.25) is 19.7 Å². The SMILES string of the molecule is O=C1C2C3C=CC(C3)C2C(=O)N1c1ccc(NCc2cccc(Cl)c2)c([N+](=O)[O-])c1. The standard InChI is InChI=1S/C22H18ClN3O4/c23-15-3-1-2-12(8-15)11-24-17-7-6-16(10-18(17)26(29)30)25-21(27)19-13-4-5-14(9-13)20(19)22(25)28/h1-8,10,13-14,19-20,24H,9,11H2. The lowest BCUT2D eigenvalue weighted by molar-refractivity contribution is -0.383. The molecule has 0 spiro atoms. The van der Waals surface area contributed by atoms with Crippen LogP contribution >= 0.6 is 11.6 Å². The van der Waals surface area contributed by atoms with Gasteiger partial charge in [0.1, 0.15) is 5.69 Å². The zero-order chi connectivity index (χ0) is 21.0. The summed E-state index contributed by atoms with van der Waals surface area (Å²) in [5.74, 6) is -1.00. The summed E-state index contributed by atoms with van der Waals surface area (Å²) in [5.41, 5.74) is 1.25. The highest BCUT2D eigenvalue weighted by Crippen LogP contribution is 2.53. The molecule has 4 unspecified atom stereocenters. The molecular formula is C22H18ClN3O4. The Hall–Kier alpha value is -3.19. The van der Waals surface area contributed by atoms with Crippen LogP contribution in [-0.4, -0.2) is 16.7 Å². The normalized spacial score (nSPS) is 26.4. The number of benzene rings is 2. The summed E-state index contributed by atoms with van der Waals surface area (Å²) in [6.07, 6.45) is 4.88. The van der Waals surface area contributed by atoms with Crippen LogP contribution in [0.3, 0.4) is 0 Å². The van der Waals surface area contributed by atoms with Crippen molar-refractivity contribution >= 4 is 40.5 Å². The van der Waals surface area contributed by atoms with Gasteiger partial charge < -0.3 is 5.32 Å². The van der Waals surface area contributed by atoms with E-state index < -0.39 is 4.92 Å². The molecule has 1 N–H and O–H groups in total. The Bertz CT molecular complexity index is 1090. The molecule has 1 heterocycles. The first-order valence-electron chi connectivity index (χ1n) is 9.77. The van der Waals surface area contributed by atoms with Gasteiger partial charge in [-0.1, -0.05) is 35.9 Å². The van der Waals surface area contributed by atoms with Crippen molar-refractivity contribution < 1.29 is 14.5 Å². The number of carbonyl (C=O) groups excluding carboxylic acids is 2. The number of hydrogen-bond acceptors (Lipinski definition) is 5. The zero-order valence-corrected chi connectivity index (χ0v) is 16.6. The summed E-state index contributed by atoms with van der Waals surface area (Å²) in [6.45, 7) is 0.349. The number of nitrogens with zero attached hydrogens (tertiary/aromatic N) is 2. The topological polar surface area (TPSA) is 92.6 Å². The summed E-state index contributed by atoms with van der Waals surface area (Å²) >= 11 is 5.98. The lowest BCUT2D eigenvalue weighted by Crippen LogP contribution is -2.32. The second kappa shape index (κ2) is 6.95. The number of amides is 2. The molecule has 30 heavy (non-hydrogen) atoms. The molecule has 5 rings (SSSR count). The van der Waals surface area contributed by atoms with Crippen molar-refractivity contribution in [1.82, 2.24) is 0 Å². The summed E-state index contributed by atoms with van der Waals surface area (Å²) < 4.78 is 0. The number of fused-ring (bicyclic) bond motifs is 5. The molecule has 1 saturated heterocycles. The molecule has 152 valence electrons. The molecule has 2 aliphatic carbocycles. The highest BCUT2D eigenvalue weighted by Gasteiger charge is 2.59. The molecule has 1 saturated carbocycles. The van der Waals surface area contributed by atoms with Crippen LogP contribution in [0.25, 0.3) is 0 Å². The van der Waals surface area contributed by atoms with E-state index in [0.717, 1.165) is 16.9 Å². The average molecular weight is 424 g/mol. The Balaban J connectivity index is 1.42. The number of imide groups is 1. The number of hydrogen-bond donors (Lipinski definition) is 1. The van der Waals surface area contributed by atoms with Gasteiger partial charge in [0.2, 0.25) is 11.8 Å². The fourth-order valence-electron chi connectivity index (χ4n) is 4.96. The fraction of sp³-hybridized carbons (Fsp3) is 0.273. The molecule has 8 heteroatoms. The molecule has 2 aromatic carbocycles. The van der Waals surface area contributed by atoms with Gasteiger partial charge in [-0.25, -0.2) is 4.90 Å². The second-order valence-corrected chi connectivity index (χ2v) is 8.39. The quantitative estimate of drug-likeness (QED) is 0.337. The van der Waals surface area contributed by atoms with E-state index in [1.807, 2.05) is 18.2 Å². The minimum atomic E-state index is -0.513. The van der Waals surface area contributed by atoms with Crippen LogP contribution in [0, 0.1) is 33.8 Å². The van der Waals surface area contributed by atoms with Gasteiger partial charge in [0.15, 0.2) is 0 Å². The second-order valence-electron chi connectivity index (χ2n) is 7.95. The average Bonchev–Trinajstić information content (AvgIpc) is 3.40. The van der Waals surface area contributed by atoms with E-state index in [-0.39, 0.29) is 46.9 Å². The Morgan fingerprint density at radius 2 is 1.77 bits per heavy atom. The van der Waals surface area contributed by atoms with Gasteiger partial charge in [0.25, 0.3) is 5.69 Å². The molecule has 4 atom stereocenters. The molecule has 1 aliphatic heterocycles. The highest BCUT2D eigenvalue weighted by atomic mass is 35.5. The molecule has 2 fully saturated rings. The highest BCUT2D eigenvalue weighted by molar-refractivity contribution is 6.30. The Labute approximate surface area is 177 Å². The van der Waals surface area contributed by atoms with Crippen molar-refractivity contribution in [3.8, 4) is 0 Å². The maximum Gasteiger partial charge on any atom is 0.294 e. The maximum atomic E-state index is 13.0. The van der Waals surface area contributed by atoms with Crippen LogP contribution in [0.5, 0.6) is 0 Å². The number of carbonyl (C=O) groups is 2. The number of nitro benzene ring substituents is 1. The first-order valence-corrected chi connectivity index (χ1v) is 10.1. The Morgan fingerprint density at radius 1 is 1.07 bits per heavy atom. The molecule has 2 bridgehead atoms. The third kappa shape index (κ3) is 2.89. The number of anilines is 2. The summed E-state index contributed by atoms with van der Waals surface area (Å²) in [6, 6.07) is 11.6. The third-order valence-electron chi connectivity index (χ3n) is 6.28. The van der Waals surface area contributed by atoms with E-state index in [2.05, 4.69) is 5.32 Å². The van der Waals surface area contributed by atoms with E-state index in [4.69, 9.17) is 11.6 Å². The van der Waals surface area contributed by atoms with E-state index >= 15 is 0 Å². The smallest absolute Gasteiger partial charge is 0.294 e. The van der Waals surface area contributed by atoms with E-state index in [1.54, 1.807) is 30.3 Å². The van der Waals surface area contributed by atoms with E-state index in [1.165, 1.54) is 6.07 Å². The van der Waals surface area contributed by atoms with Crippen molar-refractivity contribution in [2.45, 2.75) is 13.0 Å². The van der Waals surface area contributed by atoms with Crippen molar-refractivity contribution in [3.63, 3.8) is 0 Å². The van der Waals surface area contributed by atoms with Gasteiger partial charge in [-0.05, 0) is 48.1 Å². The summed E-state index contributed by atoms with van der Waals surface area (Å²) in [7, 11) is 0. The summed E-state index contributed by atoms with van der Waals surface area (Å²) in [4.78, 5) is 38.2. The van der Waals surface area contributed by atoms with E-state index in [9.17, 15) is 19.7 Å². The molecule has 7 nitrogen and oxygen atoms in total. The largest absolute Gasteiger partial charge is 0.375 e. The summed E-state index contributed by atoms with van der Waals surface area (Å²) in [5, 5.41) is 15.3. The lowest BCUT2D eigenvalue weighted by atomic mass is 9.85. The van der Waals surface area contributed by atoms with Gasteiger partial charge in [0, 0.05) is 17.6 Å². The van der Waals surface area contributed by atoms with Gasteiger partial charge in [-0.2, -0.15) is 0 Å². The van der Waals surface area contributed by atoms with Gasteiger partial charge >= 0.3 is 0 Å². The van der Waals surface area contributed by atoms with Crippen LogP contribution in [0.1, 0.15) is 12.0 Å². The van der Waals surface area contributed by atoms with Gasteiger partial charge in [-0.15, -0.1) is 0 Å².